The number of unbranched alkanes of at least 4 members (excludes halogenated alkanes) is 5. The molecule has 120 valence electrons. The minimum atomic E-state index is 0.763. The molecule has 0 fully saturated rings. The lowest BCUT2D eigenvalue weighted by atomic mass is 10.0. The van der Waals surface area contributed by atoms with Gasteiger partial charge < -0.3 is 5.73 Å². The number of hydrogen-bond donors (Lipinski definition) is 1. The number of para-hydroxylation sites is 2. The lowest BCUT2D eigenvalue weighted by Crippen LogP contribution is -1.94. The third-order valence-corrected chi connectivity index (χ3v) is 4.58. The molecular formula is C21H26N2. The molecule has 0 aliphatic carbocycles. The highest BCUT2D eigenvalue weighted by molar-refractivity contribution is 5.98. The van der Waals surface area contributed by atoms with Gasteiger partial charge in [0.25, 0.3) is 0 Å². The second-order valence-corrected chi connectivity index (χ2v) is 6.41. The van der Waals surface area contributed by atoms with Gasteiger partial charge in [0, 0.05) is 10.8 Å². The smallest absolute Gasteiger partial charge is 0.0938 e. The van der Waals surface area contributed by atoms with Crippen molar-refractivity contribution in [3.63, 3.8) is 0 Å². The van der Waals surface area contributed by atoms with Crippen LogP contribution in [0.5, 0.6) is 0 Å². The second kappa shape index (κ2) is 7.45. The molecule has 2 heteroatoms. The highest BCUT2D eigenvalue weighted by Gasteiger charge is 2.06. The minimum absolute atomic E-state index is 0.763. The molecule has 3 rings (SSSR count). The number of anilines is 1. The van der Waals surface area contributed by atoms with Crippen LogP contribution in [-0.2, 0) is 6.42 Å². The highest BCUT2D eigenvalue weighted by Crippen LogP contribution is 2.26. The number of nitrogen functional groups attached to an aromatic ring is 1. The molecule has 0 saturated heterocycles. The molecule has 0 spiro atoms. The van der Waals surface area contributed by atoms with Crippen LogP contribution in [0.3, 0.4) is 0 Å². The van der Waals surface area contributed by atoms with Crippen molar-refractivity contribution in [3.8, 4) is 0 Å². The number of nitrogens with two attached hydrogens (primary N) is 1. The van der Waals surface area contributed by atoms with Crippen molar-refractivity contribution in [2.75, 3.05) is 5.73 Å². The number of fused-ring (bicyclic) bond motifs is 2. The number of nitrogens with zero attached hydrogens (tertiary/aromatic N) is 1. The Morgan fingerprint density at radius 3 is 2.35 bits per heavy atom. The van der Waals surface area contributed by atoms with Crippen molar-refractivity contribution in [1.29, 1.82) is 0 Å². The van der Waals surface area contributed by atoms with E-state index in [9.17, 15) is 0 Å². The van der Waals surface area contributed by atoms with Crippen molar-refractivity contribution >= 4 is 27.5 Å². The molecule has 0 radical (unpaired) electrons. The average molecular weight is 306 g/mol. The van der Waals surface area contributed by atoms with E-state index in [0.717, 1.165) is 28.5 Å². The van der Waals surface area contributed by atoms with E-state index in [2.05, 4.69) is 37.3 Å². The summed E-state index contributed by atoms with van der Waals surface area (Å²) >= 11 is 0. The Hall–Kier alpha value is -2.09. The van der Waals surface area contributed by atoms with Gasteiger partial charge in [0.05, 0.1) is 16.7 Å². The van der Waals surface area contributed by atoms with E-state index in [1.165, 1.54) is 49.5 Å². The fraction of sp³-hybridized carbons (Fsp3) is 0.381. The van der Waals surface area contributed by atoms with Gasteiger partial charge in [0.2, 0.25) is 0 Å². The van der Waals surface area contributed by atoms with Crippen LogP contribution in [0.2, 0.25) is 0 Å². The van der Waals surface area contributed by atoms with Crippen LogP contribution in [0, 0.1) is 0 Å². The molecule has 1 heterocycles. The Balaban J connectivity index is 1.81. The van der Waals surface area contributed by atoms with Gasteiger partial charge in [-0.15, -0.1) is 0 Å². The molecule has 0 unspecified atom stereocenters. The normalized spacial score (nSPS) is 11.3. The van der Waals surface area contributed by atoms with Gasteiger partial charge in [0.15, 0.2) is 0 Å². The van der Waals surface area contributed by atoms with Crippen molar-refractivity contribution in [2.24, 2.45) is 0 Å². The topological polar surface area (TPSA) is 38.9 Å². The van der Waals surface area contributed by atoms with Crippen LogP contribution in [0.1, 0.15) is 51.0 Å². The fourth-order valence-electron chi connectivity index (χ4n) is 3.27. The van der Waals surface area contributed by atoms with Gasteiger partial charge in [-0.3, -0.25) is 0 Å². The summed E-state index contributed by atoms with van der Waals surface area (Å²) in [6.07, 6.45) is 9.05. The van der Waals surface area contributed by atoms with E-state index in [1.54, 1.807) is 0 Å². The van der Waals surface area contributed by atoms with Crippen molar-refractivity contribution in [2.45, 2.75) is 51.9 Å². The molecule has 0 atom stereocenters. The molecular weight excluding hydrogens is 280 g/mol. The Bertz CT molecular complexity index is 792. The molecule has 2 aromatic carbocycles. The van der Waals surface area contributed by atoms with Crippen LogP contribution < -0.4 is 5.73 Å². The van der Waals surface area contributed by atoms with Crippen molar-refractivity contribution in [3.05, 3.63) is 48.0 Å². The number of pyridine rings is 1. The minimum Gasteiger partial charge on any atom is -0.397 e. The largest absolute Gasteiger partial charge is 0.397 e. The Kier molecular flexibility index (Phi) is 5.12. The lowest BCUT2D eigenvalue weighted by molar-refractivity contribution is 0.608. The predicted octanol–water partition coefficient (Wildman–Crippen LogP) is 5.87. The van der Waals surface area contributed by atoms with Gasteiger partial charge in [0.1, 0.15) is 0 Å². The highest BCUT2D eigenvalue weighted by atomic mass is 14.7. The Labute approximate surface area is 138 Å². The molecule has 2 nitrogen and oxygen atoms in total. The van der Waals surface area contributed by atoms with Crippen LogP contribution in [-0.4, -0.2) is 4.98 Å². The summed E-state index contributed by atoms with van der Waals surface area (Å²) in [6.45, 7) is 2.26. The zero-order chi connectivity index (χ0) is 16.1. The third-order valence-electron chi connectivity index (χ3n) is 4.58. The molecule has 23 heavy (non-hydrogen) atoms. The first-order valence-electron chi connectivity index (χ1n) is 8.86. The maximum atomic E-state index is 6.10. The summed E-state index contributed by atoms with van der Waals surface area (Å²) in [4.78, 5) is 4.88. The van der Waals surface area contributed by atoms with E-state index in [1.807, 2.05) is 12.1 Å². The van der Waals surface area contributed by atoms with Crippen LogP contribution in [0.25, 0.3) is 21.8 Å². The lowest BCUT2D eigenvalue weighted by Gasteiger charge is -2.09. The standard InChI is InChI=1S/C21H26N2/c1-2-3-4-5-6-7-10-16-11-8-12-17-15-18-13-9-14-19(22)21(18)23-20(16)17/h8-9,11-15H,2-7,10,22H2,1H3. The molecule has 0 amide bonds. The summed E-state index contributed by atoms with van der Waals surface area (Å²) in [7, 11) is 0. The van der Waals surface area contributed by atoms with Gasteiger partial charge in [-0.1, -0.05) is 69.4 Å². The number of hydrogen-bond acceptors (Lipinski definition) is 2. The van der Waals surface area contributed by atoms with Crippen molar-refractivity contribution in [1.82, 2.24) is 4.98 Å². The fourth-order valence-corrected chi connectivity index (χ4v) is 3.27. The molecule has 1 aromatic heterocycles. The summed E-state index contributed by atoms with van der Waals surface area (Å²) in [5.41, 5.74) is 10.3. The first-order chi connectivity index (χ1) is 11.3. The Morgan fingerprint density at radius 1 is 0.826 bits per heavy atom. The monoisotopic (exact) mass is 306 g/mol. The van der Waals surface area contributed by atoms with E-state index in [-0.39, 0.29) is 0 Å². The number of aromatic nitrogens is 1. The van der Waals surface area contributed by atoms with Crippen molar-refractivity contribution < 1.29 is 0 Å². The second-order valence-electron chi connectivity index (χ2n) is 6.41. The molecule has 3 aromatic rings. The van der Waals surface area contributed by atoms with Crippen LogP contribution in [0.15, 0.2) is 42.5 Å². The van der Waals surface area contributed by atoms with E-state index >= 15 is 0 Å². The van der Waals surface area contributed by atoms with Gasteiger partial charge in [-0.2, -0.15) is 0 Å². The van der Waals surface area contributed by atoms with E-state index in [0.29, 0.717) is 0 Å². The third kappa shape index (κ3) is 3.64. The maximum absolute atomic E-state index is 6.10. The molecule has 2 N–H and O–H groups in total. The van der Waals surface area contributed by atoms with E-state index in [4.69, 9.17) is 10.7 Å². The molecule has 0 aliphatic rings. The van der Waals surface area contributed by atoms with Gasteiger partial charge in [-0.05, 0) is 30.5 Å². The first-order valence-corrected chi connectivity index (χ1v) is 8.86. The van der Waals surface area contributed by atoms with Crippen LogP contribution in [0.4, 0.5) is 5.69 Å². The van der Waals surface area contributed by atoms with Gasteiger partial charge in [-0.25, -0.2) is 4.98 Å². The number of benzene rings is 2. The zero-order valence-corrected chi connectivity index (χ0v) is 14.0. The number of rotatable bonds is 7. The Morgan fingerprint density at radius 2 is 1.52 bits per heavy atom. The van der Waals surface area contributed by atoms with E-state index < -0.39 is 0 Å². The molecule has 0 aliphatic heterocycles. The summed E-state index contributed by atoms with van der Waals surface area (Å²) < 4.78 is 0. The molecule has 0 saturated carbocycles. The predicted molar refractivity (Wildman–Crippen MR) is 101 cm³/mol. The first kappa shape index (κ1) is 15.8. The molecule has 0 bridgehead atoms. The summed E-state index contributed by atoms with van der Waals surface area (Å²) in [5.74, 6) is 0. The average Bonchev–Trinajstić information content (AvgIpc) is 2.57. The SMILES string of the molecule is CCCCCCCCc1cccc2cc3cccc(N)c3nc12. The maximum Gasteiger partial charge on any atom is 0.0938 e. The van der Waals surface area contributed by atoms with Gasteiger partial charge >= 0.3 is 0 Å². The quantitative estimate of drug-likeness (QED) is 0.336. The summed E-state index contributed by atoms with van der Waals surface area (Å²) in [6, 6.07) is 14.7. The van der Waals surface area contributed by atoms with Crippen LogP contribution >= 0.6 is 0 Å². The zero-order valence-electron chi connectivity index (χ0n) is 14.0. The summed E-state index contributed by atoms with van der Waals surface area (Å²) in [5, 5.41) is 2.33. The number of aryl methyl sites for hydroxylation is 1.